The van der Waals surface area contributed by atoms with E-state index in [1.165, 1.54) is 38.4 Å². The normalized spacial score (nSPS) is 17.7. The molecule has 0 spiro atoms. The van der Waals surface area contributed by atoms with Crippen LogP contribution in [0, 0.1) is 17.8 Å². The SMILES string of the molecule is C=COCCOCCOc1cccc(-c2ccc3nc4c5cc(OCC6CCC(C=O)CC6)ccc5c5ccc(OCC6CCCCC6)cc5c4nc3c2)c1. The standard InChI is InChI=1S/C47H50N2O6/c1-2-51-21-22-52-23-24-53-37-10-6-9-35(25-37)36-15-20-44-45(26-36)49-47-43-28-38(54-30-33-7-4-3-5-8-33)16-19-41(43)40-18-17-39(27-42(40)46(47)48-44)55-31-34-13-11-32(29-50)12-14-34/h2,6,9-10,15-20,25-29,32-34H,1,3-5,7-8,11-14,21-24,30-31H2. The van der Waals surface area contributed by atoms with Crippen molar-refractivity contribution in [3.8, 4) is 28.4 Å². The largest absolute Gasteiger partial charge is 0.499 e. The summed E-state index contributed by atoms with van der Waals surface area (Å²) in [6, 6.07) is 27.1. The summed E-state index contributed by atoms with van der Waals surface area (Å²) < 4.78 is 29.6. The number of carbonyl (C=O) groups excluding carboxylic acids is 1. The summed E-state index contributed by atoms with van der Waals surface area (Å²) in [4.78, 5) is 21.9. The molecule has 2 aliphatic carbocycles. The van der Waals surface area contributed by atoms with Crippen LogP contribution in [0.1, 0.15) is 57.8 Å². The summed E-state index contributed by atoms with van der Waals surface area (Å²) in [6.45, 7) is 6.80. The second-order valence-corrected chi connectivity index (χ2v) is 15.1. The van der Waals surface area contributed by atoms with Crippen LogP contribution in [-0.2, 0) is 14.3 Å². The Morgan fingerprint density at radius 3 is 1.91 bits per heavy atom. The minimum atomic E-state index is 0.197. The molecule has 0 amide bonds. The second-order valence-electron chi connectivity index (χ2n) is 15.1. The first-order valence-electron chi connectivity index (χ1n) is 20.0. The molecule has 8 nitrogen and oxygen atoms in total. The molecule has 0 aliphatic heterocycles. The summed E-state index contributed by atoms with van der Waals surface area (Å²) in [6.07, 6.45) is 12.9. The van der Waals surface area contributed by atoms with Gasteiger partial charge in [0.25, 0.3) is 0 Å². The molecule has 0 radical (unpaired) electrons. The molecular weight excluding hydrogens is 689 g/mol. The van der Waals surface area contributed by atoms with E-state index in [2.05, 4.69) is 67.2 Å². The molecular formula is C47H50N2O6. The average Bonchev–Trinajstić information content (AvgIpc) is 3.24. The zero-order valence-electron chi connectivity index (χ0n) is 31.5. The van der Waals surface area contributed by atoms with Crippen molar-refractivity contribution in [2.45, 2.75) is 57.8 Å². The van der Waals surface area contributed by atoms with Crippen molar-refractivity contribution in [3.05, 3.63) is 91.7 Å². The predicted octanol–water partition coefficient (Wildman–Crippen LogP) is 10.7. The molecule has 1 heterocycles. The molecule has 2 fully saturated rings. The van der Waals surface area contributed by atoms with Gasteiger partial charge in [0.1, 0.15) is 36.7 Å². The Morgan fingerprint density at radius 1 is 0.582 bits per heavy atom. The number of nitrogens with zero attached hydrogens (tertiary/aromatic N) is 2. The molecule has 2 saturated carbocycles. The lowest BCUT2D eigenvalue weighted by Crippen LogP contribution is -2.20. The maximum atomic E-state index is 11.3. The zero-order valence-corrected chi connectivity index (χ0v) is 31.5. The van der Waals surface area contributed by atoms with Gasteiger partial charge in [0.2, 0.25) is 0 Å². The van der Waals surface area contributed by atoms with Gasteiger partial charge in [0.15, 0.2) is 0 Å². The molecule has 0 bridgehead atoms. The molecule has 8 rings (SSSR count). The van der Waals surface area contributed by atoms with Gasteiger partial charge in [-0.05, 0) is 133 Å². The van der Waals surface area contributed by atoms with E-state index in [1.807, 2.05) is 18.2 Å². The summed E-state index contributed by atoms with van der Waals surface area (Å²) in [5.41, 5.74) is 5.39. The number of carbonyl (C=O) groups is 1. The van der Waals surface area contributed by atoms with Crippen LogP contribution in [0.3, 0.4) is 0 Å². The van der Waals surface area contributed by atoms with Crippen LogP contribution in [0.5, 0.6) is 17.2 Å². The van der Waals surface area contributed by atoms with Crippen molar-refractivity contribution in [3.63, 3.8) is 0 Å². The van der Waals surface area contributed by atoms with Gasteiger partial charge in [-0.2, -0.15) is 0 Å². The van der Waals surface area contributed by atoms with Gasteiger partial charge < -0.3 is 28.5 Å². The third kappa shape index (κ3) is 8.70. The number of hydrogen-bond acceptors (Lipinski definition) is 8. The Hall–Kier alpha value is -5.21. The average molecular weight is 739 g/mol. The number of aldehydes is 1. The predicted molar refractivity (Wildman–Crippen MR) is 219 cm³/mol. The number of rotatable bonds is 16. The summed E-state index contributed by atoms with van der Waals surface area (Å²) in [5, 5.41) is 4.26. The van der Waals surface area contributed by atoms with Gasteiger partial charge in [-0.15, -0.1) is 0 Å². The Balaban J connectivity index is 1.12. The van der Waals surface area contributed by atoms with Crippen molar-refractivity contribution in [2.75, 3.05) is 39.6 Å². The lowest BCUT2D eigenvalue weighted by atomic mass is 9.83. The Labute approximate surface area is 322 Å². The summed E-state index contributed by atoms with van der Waals surface area (Å²) in [7, 11) is 0. The first-order chi connectivity index (χ1) is 27.1. The molecule has 0 saturated heterocycles. The van der Waals surface area contributed by atoms with Crippen molar-refractivity contribution in [2.24, 2.45) is 17.8 Å². The van der Waals surface area contributed by atoms with Gasteiger partial charge in [-0.3, -0.25) is 0 Å². The van der Waals surface area contributed by atoms with Gasteiger partial charge >= 0.3 is 0 Å². The van der Waals surface area contributed by atoms with Crippen LogP contribution in [0.4, 0.5) is 0 Å². The van der Waals surface area contributed by atoms with Crippen LogP contribution >= 0.6 is 0 Å². The highest BCUT2D eigenvalue weighted by Gasteiger charge is 2.22. The quantitative estimate of drug-likeness (QED) is 0.0319. The van der Waals surface area contributed by atoms with Crippen LogP contribution < -0.4 is 14.2 Å². The fourth-order valence-electron chi connectivity index (χ4n) is 8.25. The van der Waals surface area contributed by atoms with Gasteiger partial charge in [0, 0.05) is 16.7 Å². The van der Waals surface area contributed by atoms with Crippen molar-refractivity contribution in [1.82, 2.24) is 9.97 Å². The fourth-order valence-corrected chi connectivity index (χ4v) is 8.25. The Morgan fingerprint density at radius 2 is 1.22 bits per heavy atom. The van der Waals surface area contributed by atoms with Crippen LogP contribution in [-0.4, -0.2) is 55.9 Å². The third-order valence-corrected chi connectivity index (χ3v) is 11.4. The number of fused-ring (bicyclic) bond motifs is 7. The van der Waals surface area contributed by atoms with E-state index in [9.17, 15) is 4.79 Å². The number of ether oxygens (including phenoxy) is 5. The molecule has 8 heteroatoms. The van der Waals surface area contributed by atoms with E-state index in [4.69, 9.17) is 33.7 Å². The van der Waals surface area contributed by atoms with Crippen molar-refractivity contribution >= 4 is 49.9 Å². The smallest absolute Gasteiger partial charge is 0.123 e. The number of aromatic nitrogens is 2. The molecule has 284 valence electrons. The molecule has 6 aromatic rings. The minimum absolute atomic E-state index is 0.197. The maximum Gasteiger partial charge on any atom is 0.123 e. The molecule has 0 N–H and O–H groups in total. The van der Waals surface area contributed by atoms with Crippen molar-refractivity contribution < 1.29 is 28.5 Å². The highest BCUT2D eigenvalue weighted by Crippen LogP contribution is 2.39. The molecule has 0 atom stereocenters. The Kier molecular flexibility index (Phi) is 11.7. The second kappa shape index (κ2) is 17.5. The molecule has 1 aromatic heterocycles. The van der Waals surface area contributed by atoms with E-state index in [0.717, 1.165) is 111 Å². The monoisotopic (exact) mass is 738 g/mol. The van der Waals surface area contributed by atoms with E-state index in [-0.39, 0.29) is 5.92 Å². The first kappa shape index (κ1) is 36.8. The van der Waals surface area contributed by atoms with E-state index < -0.39 is 0 Å². The fraction of sp³-hybridized carbons (Fsp3) is 0.383. The molecule has 5 aromatic carbocycles. The highest BCUT2D eigenvalue weighted by atomic mass is 16.5. The van der Waals surface area contributed by atoms with Gasteiger partial charge in [-0.25, -0.2) is 9.97 Å². The number of hydrogen-bond donors (Lipinski definition) is 0. The van der Waals surface area contributed by atoms with Gasteiger partial charge in [-0.1, -0.05) is 44.0 Å². The lowest BCUT2D eigenvalue weighted by Gasteiger charge is -2.25. The zero-order chi connectivity index (χ0) is 37.4. The van der Waals surface area contributed by atoms with Crippen molar-refractivity contribution in [1.29, 1.82) is 0 Å². The van der Waals surface area contributed by atoms with E-state index in [1.54, 1.807) is 0 Å². The van der Waals surface area contributed by atoms with E-state index in [0.29, 0.717) is 44.9 Å². The third-order valence-electron chi connectivity index (χ3n) is 11.4. The highest BCUT2D eigenvalue weighted by molar-refractivity contribution is 6.24. The minimum Gasteiger partial charge on any atom is -0.499 e. The van der Waals surface area contributed by atoms with E-state index >= 15 is 0 Å². The Bertz CT molecular complexity index is 2270. The van der Waals surface area contributed by atoms with Crippen LogP contribution in [0.25, 0.3) is 54.7 Å². The van der Waals surface area contributed by atoms with Crippen LogP contribution in [0.15, 0.2) is 91.7 Å². The van der Waals surface area contributed by atoms with Gasteiger partial charge in [0.05, 0.1) is 54.8 Å². The van der Waals surface area contributed by atoms with Crippen LogP contribution in [0.2, 0.25) is 0 Å². The molecule has 0 unspecified atom stereocenters. The maximum absolute atomic E-state index is 11.3. The molecule has 55 heavy (non-hydrogen) atoms. The summed E-state index contributed by atoms with van der Waals surface area (Å²) >= 11 is 0. The number of benzene rings is 5. The topological polar surface area (TPSA) is 89.0 Å². The summed E-state index contributed by atoms with van der Waals surface area (Å²) in [5.74, 6) is 3.73. The lowest BCUT2D eigenvalue weighted by molar-refractivity contribution is -0.112. The molecule has 2 aliphatic rings. The first-order valence-corrected chi connectivity index (χ1v) is 20.0.